The highest BCUT2D eigenvalue weighted by atomic mass is 32.1. The molecule has 0 spiro atoms. The first-order valence-electron chi connectivity index (χ1n) is 9.19. The number of thiazole rings is 1. The van der Waals surface area contributed by atoms with Gasteiger partial charge in [0, 0.05) is 29.0 Å². The third kappa shape index (κ3) is 3.97. The van der Waals surface area contributed by atoms with Gasteiger partial charge in [-0.3, -0.25) is 9.69 Å². The molecule has 3 aromatic rings. The van der Waals surface area contributed by atoms with Crippen molar-refractivity contribution in [3.63, 3.8) is 0 Å². The maximum atomic E-state index is 12.4. The molecule has 0 radical (unpaired) electrons. The van der Waals surface area contributed by atoms with Crippen LogP contribution in [0.4, 0.5) is 5.13 Å². The van der Waals surface area contributed by atoms with Crippen LogP contribution in [0.1, 0.15) is 31.0 Å². The summed E-state index contributed by atoms with van der Waals surface area (Å²) in [6.45, 7) is 5.48. The highest BCUT2D eigenvalue weighted by molar-refractivity contribution is 7.13. The molecule has 136 valence electrons. The van der Waals surface area contributed by atoms with E-state index >= 15 is 0 Å². The van der Waals surface area contributed by atoms with Gasteiger partial charge in [-0.25, -0.2) is 4.98 Å². The van der Waals surface area contributed by atoms with Crippen molar-refractivity contribution in [2.75, 3.05) is 18.4 Å². The molecule has 0 unspecified atom stereocenters. The maximum absolute atomic E-state index is 12.4. The summed E-state index contributed by atoms with van der Waals surface area (Å²) >= 11 is 1.51. The number of anilines is 1. The minimum atomic E-state index is -0.0255. The molecule has 4 rings (SSSR count). The Balaban J connectivity index is 1.34. The number of likely N-dealkylation sites (tertiary alicyclic amines) is 1. The smallest absolute Gasteiger partial charge is 0.230 e. The van der Waals surface area contributed by atoms with E-state index in [1.807, 2.05) is 30.5 Å². The van der Waals surface area contributed by atoms with Crippen LogP contribution in [0.5, 0.6) is 0 Å². The number of carbonyl (C=O) groups is 1. The van der Waals surface area contributed by atoms with Crippen molar-refractivity contribution in [1.29, 1.82) is 0 Å². The molecule has 5 nitrogen and oxygen atoms in total. The number of aromatic amines is 1. The van der Waals surface area contributed by atoms with Gasteiger partial charge in [0.15, 0.2) is 5.13 Å². The second-order valence-corrected chi connectivity index (χ2v) is 8.05. The number of fused-ring (bicyclic) bond motifs is 1. The molecule has 3 heterocycles. The lowest BCUT2D eigenvalue weighted by Gasteiger charge is -2.29. The lowest BCUT2D eigenvalue weighted by atomic mass is 9.99. The molecule has 1 aliphatic rings. The fraction of sp³-hybridized carbons (Fsp3) is 0.400. The van der Waals surface area contributed by atoms with Crippen LogP contribution >= 0.6 is 11.3 Å². The summed E-state index contributed by atoms with van der Waals surface area (Å²) in [5.41, 5.74) is 3.12. The van der Waals surface area contributed by atoms with Crippen molar-refractivity contribution < 1.29 is 4.79 Å². The number of carbonyl (C=O) groups excluding carboxylic acids is 1. The summed E-state index contributed by atoms with van der Waals surface area (Å²) in [6, 6.07) is 8.04. The zero-order valence-electron chi connectivity index (χ0n) is 15.0. The van der Waals surface area contributed by atoms with Crippen molar-refractivity contribution in [3.8, 4) is 0 Å². The molecule has 1 aliphatic heterocycles. The second kappa shape index (κ2) is 7.60. The summed E-state index contributed by atoms with van der Waals surface area (Å²) < 4.78 is 0. The highest BCUT2D eigenvalue weighted by Gasteiger charge is 2.17. The number of nitrogens with zero attached hydrogens (tertiary/aromatic N) is 2. The predicted octanol–water partition coefficient (Wildman–Crippen LogP) is 4.04. The number of hydrogen-bond acceptors (Lipinski definition) is 4. The van der Waals surface area contributed by atoms with Gasteiger partial charge in [0.1, 0.15) is 0 Å². The van der Waals surface area contributed by atoms with E-state index in [9.17, 15) is 4.79 Å². The summed E-state index contributed by atoms with van der Waals surface area (Å²) in [7, 11) is 0. The first-order valence-corrected chi connectivity index (χ1v) is 10.1. The standard InChI is InChI=1S/C20H24N4OS/c1-14-6-8-24(9-7-14)12-16-13-26-20(22-16)23-19(25)10-15-11-21-18-5-3-2-4-17(15)18/h2-5,11,13-14,21H,6-10,12H2,1H3,(H,22,23,25). The zero-order valence-corrected chi connectivity index (χ0v) is 15.8. The topological polar surface area (TPSA) is 61.0 Å². The molecular weight excluding hydrogens is 344 g/mol. The number of aromatic nitrogens is 2. The summed E-state index contributed by atoms with van der Waals surface area (Å²) in [6.07, 6.45) is 4.79. The average molecular weight is 369 g/mol. The van der Waals surface area contributed by atoms with E-state index in [2.05, 4.69) is 32.5 Å². The fourth-order valence-corrected chi connectivity index (χ4v) is 4.22. The van der Waals surface area contributed by atoms with E-state index in [-0.39, 0.29) is 5.91 Å². The van der Waals surface area contributed by atoms with Crippen LogP contribution in [-0.4, -0.2) is 33.9 Å². The molecule has 6 heteroatoms. The third-order valence-electron chi connectivity index (χ3n) is 5.09. The first-order chi connectivity index (χ1) is 12.7. The van der Waals surface area contributed by atoms with Crippen LogP contribution in [0.2, 0.25) is 0 Å². The van der Waals surface area contributed by atoms with Crippen LogP contribution in [-0.2, 0) is 17.8 Å². The second-order valence-electron chi connectivity index (χ2n) is 7.19. The van der Waals surface area contributed by atoms with Gasteiger partial charge in [0.05, 0.1) is 12.1 Å². The van der Waals surface area contributed by atoms with E-state index in [1.54, 1.807) is 0 Å². The molecule has 1 aromatic carbocycles. The fourth-order valence-electron chi connectivity index (χ4n) is 3.50. The van der Waals surface area contributed by atoms with Crippen LogP contribution in [0.15, 0.2) is 35.8 Å². The molecule has 2 N–H and O–H groups in total. The minimum absolute atomic E-state index is 0.0255. The number of amides is 1. The number of H-pyrrole nitrogens is 1. The largest absolute Gasteiger partial charge is 0.361 e. The number of rotatable bonds is 5. The van der Waals surface area contributed by atoms with Crippen molar-refractivity contribution in [2.24, 2.45) is 5.92 Å². The van der Waals surface area contributed by atoms with Gasteiger partial charge in [-0.1, -0.05) is 25.1 Å². The molecular formula is C20H24N4OS. The average Bonchev–Trinajstić information content (AvgIpc) is 3.24. The van der Waals surface area contributed by atoms with E-state index in [1.165, 1.54) is 24.2 Å². The summed E-state index contributed by atoms with van der Waals surface area (Å²) in [4.78, 5) is 22.6. The van der Waals surface area contributed by atoms with E-state index in [0.29, 0.717) is 11.6 Å². The van der Waals surface area contributed by atoms with E-state index in [0.717, 1.165) is 47.7 Å². The lowest BCUT2D eigenvalue weighted by molar-refractivity contribution is -0.115. The summed E-state index contributed by atoms with van der Waals surface area (Å²) in [5, 5.41) is 6.79. The number of nitrogens with one attached hydrogen (secondary N) is 2. The van der Waals surface area contributed by atoms with Crippen molar-refractivity contribution in [1.82, 2.24) is 14.9 Å². The Kier molecular flexibility index (Phi) is 5.04. The van der Waals surface area contributed by atoms with E-state index in [4.69, 9.17) is 0 Å². The molecule has 1 saturated heterocycles. The Hall–Kier alpha value is -2.18. The molecule has 2 aromatic heterocycles. The van der Waals surface area contributed by atoms with E-state index < -0.39 is 0 Å². The molecule has 1 amide bonds. The minimum Gasteiger partial charge on any atom is -0.361 e. The third-order valence-corrected chi connectivity index (χ3v) is 5.89. The number of benzene rings is 1. The Morgan fingerprint density at radius 1 is 1.35 bits per heavy atom. The quantitative estimate of drug-likeness (QED) is 0.714. The SMILES string of the molecule is CC1CCN(Cc2csc(NC(=O)Cc3c[nH]c4ccccc34)n2)CC1. The number of piperidine rings is 1. The highest BCUT2D eigenvalue weighted by Crippen LogP contribution is 2.22. The van der Waals surface area contributed by atoms with Crippen molar-refractivity contribution in [3.05, 3.63) is 47.1 Å². The van der Waals surface area contributed by atoms with Crippen LogP contribution in [0.3, 0.4) is 0 Å². The molecule has 0 aliphatic carbocycles. The molecule has 26 heavy (non-hydrogen) atoms. The Morgan fingerprint density at radius 2 is 2.15 bits per heavy atom. The van der Waals surface area contributed by atoms with Gasteiger partial charge < -0.3 is 10.3 Å². The Labute approximate surface area is 157 Å². The van der Waals surface area contributed by atoms with Gasteiger partial charge in [-0.2, -0.15) is 0 Å². The Bertz CT molecular complexity index is 892. The molecule has 0 atom stereocenters. The van der Waals surface area contributed by atoms with Crippen molar-refractivity contribution >= 4 is 33.3 Å². The van der Waals surface area contributed by atoms with Crippen molar-refractivity contribution in [2.45, 2.75) is 32.7 Å². The number of para-hydroxylation sites is 1. The maximum Gasteiger partial charge on any atom is 0.230 e. The van der Waals surface area contributed by atoms with Crippen LogP contribution in [0, 0.1) is 5.92 Å². The lowest BCUT2D eigenvalue weighted by Crippen LogP contribution is -2.32. The number of hydrogen-bond donors (Lipinski definition) is 2. The molecule has 1 fully saturated rings. The molecule has 0 saturated carbocycles. The van der Waals surface area contributed by atoms with Crippen LogP contribution < -0.4 is 5.32 Å². The van der Waals surface area contributed by atoms with Gasteiger partial charge in [-0.15, -0.1) is 11.3 Å². The normalized spacial score (nSPS) is 16.2. The summed E-state index contributed by atoms with van der Waals surface area (Å²) in [5.74, 6) is 0.809. The zero-order chi connectivity index (χ0) is 17.9. The van der Waals surface area contributed by atoms with Gasteiger partial charge >= 0.3 is 0 Å². The monoisotopic (exact) mass is 368 g/mol. The van der Waals surface area contributed by atoms with Gasteiger partial charge in [0.25, 0.3) is 0 Å². The predicted molar refractivity (Wildman–Crippen MR) is 106 cm³/mol. The molecule has 0 bridgehead atoms. The van der Waals surface area contributed by atoms with Crippen LogP contribution in [0.25, 0.3) is 10.9 Å². The van der Waals surface area contributed by atoms with Gasteiger partial charge in [0.2, 0.25) is 5.91 Å². The van der Waals surface area contributed by atoms with Gasteiger partial charge in [-0.05, 0) is 43.5 Å². The Morgan fingerprint density at radius 3 is 3.00 bits per heavy atom. The first kappa shape index (κ1) is 17.2.